The van der Waals surface area contributed by atoms with Gasteiger partial charge in [0.2, 0.25) is 0 Å². The van der Waals surface area contributed by atoms with E-state index in [9.17, 15) is 5.11 Å². The Morgan fingerprint density at radius 1 is 1.06 bits per heavy atom. The Kier molecular flexibility index (Phi) is 5.07. The maximum atomic E-state index is 10.1. The number of aliphatic hydroxyl groups excluding tert-OH is 1. The second-order valence-electron chi connectivity index (χ2n) is 5.26. The van der Waals surface area contributed by atoms with Crippen LogP contribution in [0.3, 0.4) is 0 Å². The first kappa shape index (κ1) is 12.3. The van der Waals surface area contributed by atoms with Gasteiger partial charge in [0.1, 0.15) is 0 Å². The summed E-state index contributed by atoms with van der Waals surface area (Å²) in [5.74, 6) is 0.543. The maximum absolute atomic E-state index is 10.1. The van der Waals surface area contributed by atoms with Crippen LogP contribution in [0.4, 0.5) is 0 Å². The number of ether oxygens (including phenoxy) is 1. The molecule has 94 valence electrons. The smallest absolute Gasteiger partial charge is 0.0692 e. The molecule has 1 atom stereocenters. The van der Waals surface area contributed by atoms with Gasteiger partial charge in [0.05, 0.1) is 6.10 Å². The Labute approximate surface area is 98.6 Å². The molecule has 16 heavy (non-hydrogen) atoms. The first-order valence-corrected chi connectivity index (χ1v) is 6.85. The minimum atomic E-state index is -0.136. The zero-order chi connectivity index (χ0) is 11.2. The van der Waals surface area contributed by atoms with Crippen molar-refractivity contribution in [2.75, 3.05) is 19.8 Å². The Morgan fingerprint density at radius 2 is 1.75 bits per heavy atom. The fraction of sp³-hybridized carbons (Fsp3) is 1.00. The van der Waals surface area contributed by atoms with Gasteiger partial charge in [-0.1, -0.05) is 19.3 Å². The van der Waals surface area contributed by atoms with Crippen LogP contribution in [-0.4, -0.2) is 37.0 Å². The van der Waals surface area contributed by atoms with Crippen molar-refractivity contribution in [3.63, 3.8) is 0 Å². The maximum Gasteiger partial charge on any atom is 0.0692 e. The number of aliphatic hydroxyl groups is 1. The summed E-state index contributed by atoms with van der Waals surface area (Å²) in [4.78, 5) is 0. The van der Waals surface area contributed by atoms with E-state index >= 15 is 0 Å². The van der Waals surface area contributed by atoms with Crippen LogP contribution in [0.1, 0.15) is 44.9 Å². The molecule has 0 radical (unpaired) electrons. The van der Waals surface area contributed by atoms with Crippen molar-refractivity contribution in [2.24, 2.45) is 5.92 Å². The molecule has 0 aromatic rings. The molecule has 0 bridgehead atoms. The molecule has 1 aliphatic carbocycles. The summed E-state index contributed by atoms with van der Waals surface area (Å²) in [7, 11) is 0. The predicted molar refractivity (Wildman–Crippen MR) is 64.4 cm³/mol. The molecule has 2 N–H and O–H groups in total. The number of rotatable bonds is 4. The fourth-order valence-electron chi connectivity index (χ4n) is 2.87. The van der Waals surface area contributed by atoms with Crippen molar-refractivity contribution in [2.45, 2.75) is 57.1 Å². The van der Waals surface area contributed by atoms with Gasteiger partial charge in [-0.25, -0.2) is 0 Å². The van der Waals surface area contributed by atoms with Gasteiger partial charge in [0.15, 0.2) is 0 Å². The van der Waals surface area contributed by atoms with Crippen LogP contribution in [-0.2, 0) is 4.74 Å². The largest absolute Gasteiger partial charge is 0.392 e. The van der Waals surface area contributed by atoms with Gasteiger partial charge in [-0.15, -0.1) is 0 Å². The Hall–Kier alpha value is -0.120. The molecular weight excluding hydrogens is 202 g/mol. The summed E-state index contributed by atoms with van der Waals surface area (Å²) in [6.07, 6.45) is 8.46. The van der Waals surface area contributed by atoms with Crippen molar-refractivity contribution >= 4 is 0 Å². The molecule has 0 spiro atoms. The average molecular weight is 227 g/mol. The second kappa shape index (κ2) is 6.58. The number of nitrogens with one attached hydrogen (secondary N) is 1. The van der Waals surface area contributed by atoms with E-state index in [1.54, 1.807) is 0 Å². The zero-order valence-electron chi connectivity index (χ0n) is 10.2. The van der Waals surface area contributed by atoms with E-state index < -0.39 is 0 Å². The van der Waals surface area contributed by atoms with E-state index in [2.05, 4.69) is 5.32 Å². The topological polar surface area (TPSA) is 41.5 Å². The van der Waals surface area contributed by atoms with Gasteiger partial charge in [-0.2, -0.15) is 0 Å². The summed E-state index contributed by atoms with van der Waals surface area (Å²) < 4.78 is 5.32. The molecule has 0 amide bonds. The lowest BCUT2D eigenvalue weighted by atomic mass is 9.85. The molecule has 2 rings (SSSR count). The fourth-order valence-corrected chi connectivity index (χ4v) is 2.87. The lowest BCUT2D eigenvalue weighted by Crippen LogP contribution is -2.41. The van der Waals surface area contributed by atoms with E-state index in [0.717, 1.165) is 32.6 Å². The summed E-state index contributed by atoms with van der Waals surface area (Å²) in [6.45, 7) is 2.52. The quantitative estimate of drug-likeness (QED) is 0.768. The highest BCUT2D eigenvalue weighted by Gasteiger charge is 2.22. The van der Waals surface area contributed by atoms with Crippen LogP contribution >= 0.6 is 0 Å². The average Bonchev–Trinajstić information content (AvgIpc) is 2.38. The summed E-state index contributed by atoms with van der Waals surface area (Å²) in [5.41, 5.74) is 0. The van der Waals surface area contributed by atoms with Gasteiger partial charge in [-0.05, 0) is 31.6 Å². The van der Waals surface area contributed by atoms with E-state index in [1.165, 1.54) is 32.1 Å². The number of hydrogen-bond donors (Lipinski definition) is 2. The molecule has 1 aliphatic heterocycles. The van der Waals surface area contributed by atoms with Crippen molar-refractivity contribution in [1.82, 2.24) is 5.32 Å². The SMILES string of the molecule is OC(CNC1CCOCC1)C1CCCCC1. The van der Waals surface area contributed by atoms with Gasteiger partial charge in [-0.3, -0.25) is 0 Å². The molecule has 1 saturated carbocycles. The minimum Gasteiger partial charge on any atom is -0.392 e. The standard InChI is InChI=1S/C13H25NO2/c15-13(11-4-2-1-3-5-11)10-14-12-6-8-16-9-7-12/h11-15H,1-10H2. The van der Waals surface area contributed by atoms with Crippen LogP contribution in [0.15, 0.2) is 0 Å². The highest BCUT2D eigenvalue weighted by molar-refractivity contribution is 4.78. The molecule has 1 unspecified atom stereocenters. The molecule has 2 fully saturated rings. The molecule has 0 aromatic carbocycles. The van der Waals surface area contributed by atoms with E-state index in [4.69, 9.17) is 4.74 Å². The lowest BCUT2D eigenvalue weighted by Gasteiger charge is -2.29. The van der Waals surface area contributed by atoms with E-state index in [-0.39, 0.29) is 6.10 Å². The Morgan fingerprint density at radius 3 is 2.44 bits per heavy atom. The van der Waals surface area contributed by atoms with Crippen molar-refractivity contribution in [1.29, 1.82) is 0 Å². The molecule has 2 aliphatic rings. The van der Waals surface area contributed by atoms with Gasteiger partial charge < -0.3 is 15.2 Å². The molecule has 3 heteroatoms. The van der Waals surface area contributed by atoms with Gasteiger partial charge >= 0.3 is 0 Å². The van der Waals surface area contributed by atoms with Crippen LogP contribution in [0, 0.1) is 5.92 Å². The minimum absolute atomic E-state index is 0.136. The zero-order valence-corrected chi connectivity index (χ0v) is 10.2. The monoisotopic (exact) mass is 227 g/mol. The molecule has 0 aromatic heterocycles. The van der Waals surface area contributed by atoms with Crippen LogP contribution in [0.2, 0.25) is 0 Å². The van der Waals surface area contributed by atoms with Crippen molar-refractivity contribution in [3.8, 4) is 0 Å². The van der Waals surface area contributed by atoms with Crippen LogP contribution in [0.5, 0.6) is 0 Å². The third-order valence-electron chi connectivity index (χ3n) is 4.03. The highest BCUT2D eigenvalue weighted by Crippen LogP contribution is 2.26. The normalized spacial score (nSPS) is 26.8. The van der Waals surface area contributed by atoms with E-state index in [1.807, 2.05) is 0 Å². The third-order valence-corrected chi connectivity index (χ3v) is 4.03. The Balaban J connectivity index is 1.63. The van der Waals surface area contributed by atoms with Crippen molar-refractivity contribution < 1.29 is 9.84 Å². The summed E-state index contributed by atoms with van der Waals surface area (Å²) in [5, 5.41) is 13.6. The summed E-state index contributed by atoms with van der Waals surface area (Å²) in [6, 6.07) is 0.562. The lowest BCUT2D eigenvalue weighted by molar-refractivity contribution is 0.0571. The molecular formula is C13H25NO2. The van der Waals surface area contributed by atoms with Gasteiger partial charge in [0.25, 0.3) is 0 Å². The molecule has 1 heterocycles. The van der Waals surface area contributed by atoms with E-state index in [0.29, 0.717) is 12.0 Å². The van der Waals surface area contributed by atoms with Crippen LogP contribution < -0.4 is 5.32 Å². The van der Waals surface area contributed by atoms with Crippen LogP contribution in [0.25, 0.3) is 0 Å². The van der Waals surface area contributed by atoms with Gasteiger partial charge in [0, 0.05) is 25.8 Å². The highest BCUT2D eigenvalue weighted by atomic mass is 16.5. The second-order valence-corrected chi connectivity index (χ2v) is 5.26. The Bertz CT molecular complexity index is 186. The first-order valence-electron chi connectivity index (χ1n) is 6.85. The molecule has 1 saturated heterocycles. The molecule has 3 nitrogen and oxygen atoms in total. The predicted octanol–water partition coefficient (Wildman–Crippen LogP) is 1.70. The first-order chi connectivity index (χ1) is 7.86. The summed E-state index contributed by atoms with van der Waals surface area (Å²) >= 11 is 0. The third kappa shape index (κ3) is 3.72. The number of hydrogen-bond acceptors (Lipinski definition) is 3. The van der Waals surface area contributed by atoms with Crippen molar-refractivity contribution in [3.05, 3.63) is 0 Å².